The van der Waals surface area contributed by atoms with Crippen LogP contribution in [0.15, 0.2) is 116 Å². The van der Waals surface area contributed by atoms with E-state index in [0.29, 0.717) is 30.8 Å². The standard InChI is InChI=1S/C38H34F3N5O2/c1-44-22-19-34(43-44)24-35(37(48)45-23-18-29-4-2-3-5-32(29)26-45)46(25-28-6-11-30(12-7-28)31-16-20-42-21-17-31)36(47)15-10-27-8-13-33(14-9-27)38(39,40)41/h2-17,19-22,35H,18,23-26H2,1H3/b15-10+. The van der Waals surface area contributed by atoms with Crippen molar-refractivity contribution in [3.63, 3.8) is 0 Å². The molecule has 10 heteroatoms. The van der Waals surface area contributed by atoms with Gasteiger partial charge in [0, 0.05) is 57.8 Å². The molecule has 3 heterocycles. The monoisotopic (exact) mass is 649 g/mol. The summed E-state index contributed by atoms with van der Waals surface area (Å²) in [5, 5.41) is 4.52. The van der Waals surface area contributed by atoms with Gasteiger partial charge in [0.05, 0.1) is 11.3 Å². The second-order valence-corrected chi connectivity index (χ2v) is 11.8. The van der Waals surface area contributed by atoms with E-state index in [1.807, 2.05) is 60.7 Å². The summed E-state index contributed by atoms with van der Waals surface area (Å²) in [5.74, 6) is -0.639. The maximum atomic E-state index is 14.5. The van der Waals surface area contributed by atoms with Crippen molar-refractivity contribution in [2.45, 2.75) is 38.1 Å². The molecule has 0 spiro atoms. The molecule has 0 bridgehead atoms. The molecule has 2 amide bonds. The van der Waals surface area contributed by atoms with Gasteiger partial charge in [0.25, 0.3) is 0 Å². The van der Waals surface area contributed by atoms with E-state index in [0.717, 1.165) is 34.4 Å². The third-order valence-corrected chi connectivity index (χ3v) is 8.53. The summed E-state index contributed by atoms with van der Waals surface area (Å²) in [6.45, 7) is 1.07. The van der Waals surface area contributed by atoms with Gasteiger partial charge in [-0.05, 0) is 76.2 Å². The van der Waals surface area contributed by atoms with Gasteiger partial charge in [0.2, 0.25) is 11.8 Å². The minimum Gasteiger partial charge on any atom is -0.336 e. The minimum atomic E-state index is -4.46. The van der Waals surface area contributed by atoms with E-state index >= 15 is 0 Å². The molecule has 5 aromatic rings. The SMILES string of the molecule is Cn1ccc(CC(C(=O)N2CCc3ccccc3C2)N(Cc2ccc(-c3ccncc3)cc2)C(=O)/C=C/c2ccc(C(F)(F)F)cc2)n1. The van der Waals surface area contributed by atoms with E-state index in [2.05, 4.69) is 16.1 Å². The van der Waals surface area contributed by atoms with Crippen molar-refractivity contribution in [1.82, 2.24) is 24.6 Å². The topological polar surface area (TPSA) is 71.3 Å². The first-order valence-corrected chi connectivity index (χ1v) is 15.6. The van der Waals surface area contributed by atoms with Crippen molar-refractivity contribution < 1.29 is 22.8 Å². The molecule has 3 aromatic carbocycles. The number of aromatic nitrogens is 3. The Kier molecular flexibility index (Phi) is 9.52. The van der Waals surface area contributed by atoms with Crippen molar-refractivity contribution in [2.75, 3.05) is 6.54 Å². The molecule has 1 aliphatic rings. The number of rotatable bonds is 9. The number of fused-ring (bicyclic) bond motifs is 1. The van der Waals surface area contributed by atoms with Gasteiger partial charge >= 0.3 is 6.18 Å². The van der Waals surface area contributed by atoms with Crippen LogP contribution in [0.1, 0.15) is 33.5 Å². The Labute approximate surface area is 277 Å². The minimum absolute atomic E-state index is 0.125. The number of hydrogen-bond donors (Lipinski definition) is 0. The molecule has 0 saturated heterocycles. The van der Waals surface area contributed by atoms with Crippen LogP contribution in [-0.2, 0) is 48.7 Å². The molecular weight excluding hydrogens is 615 g/mol. The molecule has 0 N–H and O–H groups in total. The van der Waals surface area contributed by atoms with Gasteiger partial charge in [-0.15, -0.1) is 0 Å². The Morgan fingerprint density at radius 2 is 1.58 bits per heavy atom. The first kappa shape index (κ1) is 32.4. The molecule has 1 aliphatic heterocycles. The number of nitrogens with zero attached hydrogens (tertiary/aromatic N) is 5. The molecular formula is C38H34F3N5O2. The van der Waals surface area contributed by atoms with Crippen LogP contribution < -0.4 is 0 Å². The van der Waals surface area contributed by atoms with E-state index in [1.165, 1.54) is 29.8 Å². The number of carbonyl (C=O) groups is 2. The Balaban J connectivity index is 1.33. The van der Waals surface area contributed by atoms with Gasteiger partial charge in [-0.1, -0.05) is 60.7 Å². The Morgan fingerprint density at radius 1 is 0.896 bits per heavy atom. The Bertz CT molecular complexity index is 1900. The van der Waals surface area contributed by atoms with Crippen LogP contribution in [0.4, 0.5) is 13.2 Å². The highest BCUT2D eigenvalue weighted by Crippen LogP contribution is 2.29. The fraction of sp³-hybridized carbons (Fsp3) is 0.211. The van der Waals surface area contributed by atoms with Crippen LogP contribution in [-0.4, -0.2) is 49.0 Å². The molecule has 0 saturated carbocycles. The number of aryl methyl sites for hydroxylation is 1. The van der Waals surface area contributed by atoms with Crippen molar-refractivity contribution in [3.05, 3.63) is 149 Å². The molecule has 0 aliphatic carbocycles. The van der Waals surface area contributed by atoms with E-state index in [1.54, 1.807) is 40.1 Å². The van der Waals surface area contributed by atoms with Crippen LogP contribution >= 0.6 is 0 Å². The first-order valence-electron chi connectivity index (χ1n) is 15.6. The largest absolute Gasteiger partial charge is 0.416 e. The molecule has 1 atom stereocenters. The average Bonchev–Trinajstić information content (AvgIpc) is 3.52. The van der Waals surface area contributed by atoms with Crippen LogP contribution in [0.5, 0.6) is 0 Å². The summed E-state index contributed by atoms with van der Waals surface area (Å²) < 4.78 is 41.0. The molecule has 0 radical (unpaired) electrons. The van der Waals surface area contributed by atoms with Crippen LogP contribution in [0.2, 0.25) is 0 Å². The second kappa shape index (κ2) is 14.1. The summed E-state index contributed by atoms with van der Waals surface area (Å²) >= 11 is 0. The lowest BCUT2D eigenvalue weighted by Gasteiger charge is -2.36. The fourth-order valence-electron chi connectivity index (χ4n) is 5.93. The lowest BCUT2D eigenvalue weighted by molar-refractivity contribution is -0.144. The fourth-order valence-corrected chi connectivity index (χ4v) is 5.93. The molecule has 244 valence electrons. The summed E-state index contributed by atoms with van der Waals surface area (Å²) in [6, 6.07) is 25.2. The number of halogens is 3. The normalized spacial score (nSPS) is 13.7. The van der Waals surface area contributed by atoms with E-state index < -0.39 is 23.7 Å². The van der Waals surface area contributed by atoms with Crippen molar-refractivity contribution in [2.24, 2.45) is 7.05 Å². The highest BCUT2D eigenvalue weighted by Gasteiger charge is 2.35. The quantitative estimate of drug-likeness (QED) is 0.166. The second-order valence-electron chi connectivity index (χ2n) is 11.8. The zero-order valence-electron chi connectivity index (χ0n) is 26.3. The van der Waals surface area contributed by atoms with Crippen molar-refractivity contribution in [3.8, 4) is 11.1 Å². The zero-order valence-corrected chi connectivity index (χ0v) is 26.3. The lowest BCUT2D eigenvalue weighted by Crippen LogP contribution is -2.52. The zero-order chi connectivity index (χ0) is 33.7. The lowest BCUT2D eigenvalue weighted by atomic mass is 9.98. The predicted octanol–water partition coefficient (Wildman–Crippen LogP) is 6.74. The first-order chi connectivity index (χ1) is 23.1. The van der Waals surface area contributed by atoms with Gasteiger partial charge in [0.15, 0.2) is 0 Å². The number of amides is 2. The molecule has 7 nitrogen and oxygen atoms in total. The van der Waals surface area contributed by atoms with Crippen LogP contribution in [0.25, 0.3) is 17.2 Å². The third kappa shape index (κ3) is 7.71. The van der Waals surface area contributed by atoms with Crippen LogP contribution in [0, 0.1) is 0 Å². The summed E-state index contributed by atoms with van der Waals surface area (Å²) in [6.07, 6.45) is 4.46. The van der Waals surface area contributed by atoms with Gasteiger partial charge in [0.1, 0.15) is 6.04 Å². The van der Waals surface area contributed by atoms with Gasteiger partial charge in [-0.25, -0.2) is 0 Å². The average molecular weight is 650 g/mol. The van der Waals surface area contributed by atoms with E-state index in [-0.39, 0.29) is 18.9 Å². The predicted molar refractivity (Wildman–Crippen MR) is 177 cm³/mol. The Morgan fingerprint density at radius 3 is 2.25 bits per heavy atom. The van der Waals surface area contributed by atoms with Crippen molar-refractivity contribution in [1.29, 1.82) is 0 Å². The third-order valence-electron chi connectivity index (χ3n) is 8.53. The van der Waals surface area contributed by atoms with Crippen molar-refractivity contribution >= 4 is 17.9 Å². The maximum absolute atomic E-state index is 14.5. The number of alkyl halides is 3. The number of pyridine rings is 1. The number of hydrogen-bond acceptors (Lipinski definition) is 4. The van der Waals surface area contributed by atoms with E-state index in [4.69, 9.17) is 0 Å². The van der Waals surface area contributed by atoms with Gasteiger partial charge < -0.3 is 9.80 Å². The van der Waals surface area contributed by atoms with Crippen LogP contribution in [0.3, 0.4) is 0 Å². The van der Waals surface area contributed by atoms with Gasteiger partial charge in [-0.2, -0.15) is 18.3 Å². The molecule has 6 rings (SSSR count). The number of carbonyl (C=O) groups excluding carboxylic acids is 2. The summed E-state index contributed by atoms with van der Waals surface area (Å²) in [5.41, 5.74) is 5.37. The Hall–Kier alpha value is -5.51. The number of benzene rings is 3. The van der Waals surface area contributed by atoms with E-state index in [9.17, 15) is 22.8 Å². The summed E-state index contributed by atoms with van der Waals surface area (Å²) in [7, 11) is 1.79. The van der Waals surface area contributed by atoms with Gasteiger partial charge in [-0.3, -0.25) is 19.3 Å². The molecule has 48 heavy (non-hydrogen) atoms. The molecule has 2 aromatic heterocycles. The maximum Gasteiger partial charge on any atom is 0.416 e. The molecule has 1 unspecified atom stereocenters. The molecule has 0 fully saturated rings. The summed E-state index contributed by atoms with van der Waals surface area (Å²) in [4.78, 5) is 36.0. The highest BCUT2D eigenvalue weighted by molar-refractivity contribution is 5.96. The highest BCUT2D eigenvalue weighted by atomic mass is 19.4. The smallest absolute Gasteiger partial charge is 0.336 e.